The Morgan fingerprint density at radius 2 is 1.25 bits per heavy atom. The summed E-state index contributed by atoms with van der Waals surface area (Å²) in [6.45, 7) is 4.77. The Labute approximate surface area is 353 Å². The minimum Gasteiger partial charge on any atom is -0.310 e. The third-order valence-corrected chi connectivity index (χ3v) is 15.4. The van der Waals surface area contributed by atoms with Gasteiger partial charge in [0, 0.05) is 33.8 Å². The van der Waals surface area contributed by atoms with E-state index >= 15 is 0 Å². The molecule has 1 nitrogen and oxygen atoms in total. The largest absolute Gasteiger partial charge is 0.310 e. The van der Waals surface area contributed by atoms with Crippen LogP contribution in [0.25, 0.3) is 49.9 Å². The van der Waals surface area contributed by atoms with Crippen LogP contribution in [0.4, 0.5) is 17.1 Å². The molecule has 0 saturated heterocycles. The molecule has 5 aliphatic rings. The Bertz CT molecular complexity index is 3140. The van der Waals surface area contributed by atoms with Gasteiger partial charge in [0.05, 0.1) is 0 Å². The Balaban J connectivity index is 0.944. The smallest absolute Gasteiger partial charge is 0.0468 e. The van der Waals surface area contributed by atoms with Crippen molar-refractivity contribution in [1.29, 1.82) is 0 Å². The fourth-order valence-electron chi connectivity index (χ4n) is 12.7. The molecule has 8 aromatic carbocycles. The quantitative estimate of drug-likeness (QED) is 0.124. The zero-order valence-electron chi connectivity index (χ0n) is 34.3. The number of allylic oxidation sites excluding steroid dienone is 3. The van der Waals surface area contributed by atoms with E-state index in [1.165, 1.54) is 107 Å². The van der Waals surface area contributed by atoms with E-state index in [9.17, 15) is 0 Å². The number of anilines is 3. The minimum absolute atomic E-state index is 0.0916. The first-order chi connectivity index (χ1) is 29.5. The van der Waals surface area contributed by atoms with Gasteiger partial charge in [-0.15, -0.1) is 0 Å². The van der Waals surface area contributed by atoms with Crippen molar-refractivity contribution < 1.29 is 0 Å². The van der Waals surface area contributed by atoms with E-state index in [1.807, 2.05) is 0 Å². The molecule has 0 heterocycles. The van der Waals surface area contributed by atoms with Crippen LogP contribution in [0.3, 0.4) is 0 Å². The summed E-state index contributed by atoms with van der Waals surface area (Å²) < 4.78 is 0. The van der Waals surface area contributed by atoms with Gasteiger partial charge in [0.25, 0.3) is 0 Å². The van der Waals surface area contributed by atoms with Crippen LogP contribution in [0, 0.1) is 11.3 Å². The number of aryl methyl sites for hydroxylation is 1. The lowest BCUT2D eigenvalue weighted by Crippen LogP contribution is -2.16. The first kappa shape index (κ1) is 34.4. The van der Waals surface area contributed by atoms with Gasteiger partial charge in [-0.3, -0.25) is 0 Å². The van der Waals surface area contributed by atoms with Crippen LogP contribution < -0.4 is 4.90 Å². The van der Waals surface area contributed by atoms with E-state index in [1.54, 1.807) is 5.56 Å². The highest BCUT2D eigenvalue weighted by Crippen LogP contribution is 2.80. The molecule has 1 fully saturated rings. The summed E-state index contributed by atoms with van der Waals surface area (Å²) in [4.78, 5) is 2.50. The molecule has 1 spiro atoms. The maximum absolute atomic E-state index is 2.60. The molecule has 1 saturated carbocycles. The predicted octanol–water partition coefficient (Wildman–Crippen LogP) is 15.6. The van der Waals surface area contributed by atoms with Gasteiger partial charge in [0.1, 0.15) is 0 Å². The molecule has 8 aromatic rings. The van der Waals surface area contributed by atoms with Gasteiger partial charge in [0.2, 0.25) is 0 Å². The zero-order valence-corrected chi connectivity index (χ0v) is 34.3. The second kappa shape index (κ2) is 12.5. The van der Waals surface area contributed by atoms with Crippen molar-refractivity contribution in [2.45, 2.75) is 56.8 Å². The molecular weight excluding hydrogens is 723 g/mol. The Morgan fingerprint density at radius 1 is 0.533 bits per heavy atom. The summed E-state index contributed by atoms with van der Waals surface area (Å²) >= 11 is 0. The molecule has 0 radical (unpaired) electrons. The summed E-state index contributed by atoms with van der Waals surface area (Å²) in [7, 11) is 0. The van der Waals surface area contributed by atoms with Crippen molar-refractivity contribution in [3.05, 3.63) is 215 Å². The Morgan fingerprint density at radius 3 is 2.13 bits per heavy atom. The number of nitrogens with zero attached hydrogens (tertiary/aromatic N) is 1. The topological polar surface area (TPSA) is 3.24 Å². The minimum atomic E-state index is -0.0916. The summed E-state index contributed by atoms with van der Waals surface area (Å²) in [6.07, 6.45) is 14.4. The molecule has 1 heteroatoms. The van der Waals surface area contributed by atoms with Gasteiger partial charge in [-0.05, 0) is 157 Å². The highest BCUT2D eigenvalue weighted by molar-refractivity contribution is 6.14. The van der Waals surface area contributed by atoms with Crippen LogP contribution in [-0.4, -0.2) is 0 Å². The number of rotatable bonds is 5. The van der Waals surface area contributed by atoms with Crippen molar-refractivity contribution >= 4 is 44.7 Å². The average molecular weight is 770 g/mol. The van der Waals surface area contributed by atoms with Crippen molar-refractivity contribution in [1.82, 2.24) is 0 Å². The first-order valence-corrected chi connectivity index (χ1v) is 22.2. The number of hydrogen-bond donors (Lipinski definition) is 0. The van der Waals surface area contributed by atoms with Gasteiger partial charge >= 0.3 is 0 Å². The van der Waals surface area contributed by atoms with E-state index in [0.717, 1.165) is 18.8 Å². The van der Waals surface area contributed by atoms with Crippen LogP contribution in [-0.2, 0) is 11.8 Å². The van der Waals surface area contributed by atoms with Crippen LogP contribution in [0.1, 0.15) is 83.9 Å². The normalized spacial score (nSPS) is 22.1. The zero-order chi connectivity index (χ0) is 39.7. The van der Waals surface area contributed by atoms with Crippen molar-refractivity contribution in [2.75, 3.05) is 4.90 Å². The Kier molecular flexibility index (Phi) is 7.19. The Hall–Kier alpha value is -6.44. The molecule has 0 bridgehead atoms. The first-order valence-electron chi connectivity index (χ1n) is 22.2. The molecule has 0 N–H and O–H groups in total. The highest BCUT2D eigenvalue weighted by Gasteiger charge is 2.71. The van der Waals surface area contributed by atoms with Gasteiger partial charge in [-0.1, -0.05) is 159 Å². The molecule has 0 aromatic heterocycles. The van der Waals surface area contributed by atoms with Crippen molar-refractivity contribution in [3.8, 4) is 22.3 Å². The van der Waals surface area contributed by atoms with Gasteiger partial charge in [0.15, 0.2) is 0 Å². The van der Waals surface area contributed by atoms with Gasteiger partial charge < -0.3 is 4.90 Å². The molecule has 60 heavy (non-hydrogen) atoms. The van der Waals surface area contributed by atoms with Crippen LogP contribution >= 0.6 is 0 Å². The molecular formula is C59H47N. The summed E-state index contributed by atoms with van der Waals surface area (Å²) in [6, 6.07) is 60.4. The van der Waals surface area contributed by atoms with Crippen molar-refractivity contribution in [3.63, 3.8) is 0 Å². The van der Waals surface area contributed by atoms with E-state index in [4.69, 9.17) is 0 Å². The SMILES string of the molecule is CC1(C)c2ccccc2-c2ccc(N(c3ccc(-c4ccc5c(c4)C4C6CCC=CC64C5c4ccccc4)cc3)c3ccc4c(c3)c3c(c5ccccc54)C=CCC3)cc21. The lowest BCUT2D eigenvalue weighted by Gasteiger charge is -2.29. The van der Waals surface area contributed by atoms with Crippen molar-refractivity contribution in [2.24, 2.45) is 11.3 Å². The van der Waals surface area contributed by atoms with E-state index in [2.05, 4.69) is 201 Å². The molecule has 288 valence electrons. The summed E-state index contributed by atoms with van der Waals surface area (Å²) in [5, 5.41) is 5.38. The number of fused-ring (bicyclic) bond motifs is 12. The predicted molar refractivity (Wildman–Crippen MR) is 252 cm³/mol. The molecule has 4 atom stereocenters. The monoisotopic (exact) mass is 769 g/mol. The highest BCUT2D eigenvalue weighted by atomic mass is 15.1. The second-order valence-corrected chi connectivity index (χ2v) is 18.6. The number of hydrogen-bond acceptors (Lipinski definition) is 1. The molecule has 13 rings (SSSR count). The lowest BCUT2D eigenvalue weighted by atomic mass is 9.76. The molecule has 0 amide bonds. The van der Waals surface area contributed by atoms with Crippen LogP contribution in [0.2, 0.25) is 0 Å². The molecule has 4 unspecified atom stereocenters. The maximum atomic E-state index is 2.60. The fourth-order valence-corrected chi connectivity index (χ4v) is 12.7. The third kappa shape index (κ3) is 4.69. The van der Waals surface area contributed by atoms with Gasteiger partial charge in [-0.2, -0.15) is 0 Å². The molecule has 0 aliphatic heterocycles. The van der Waals surface area contributed by atoms with Crippen LogP contribution in [0.5, 0.6) is 0 Å². The fraction of sp³-hybridized carbons (Fsp3) is 0.186. The van der Waals surface area contributed by atoms with E-state index in [-0.39, 0.29) is 10.8 Å². The standard InChI is InChI=1S/C59H47N/c1-58(2)53-21-11-10-20-48(53)49-32-29-42(36-55(49)58)60(41-28-31-47-45-18-7-6-16-43(45)44-17-8-9-19-46(44)51(47)35-41)40-26-23-37(24-27-40)39-25-30-50-52(34-39)57-54-22-12-13-33-59(54,57)56(50)38-14-4-3-5-15-38/h3-8,10-11,13-18,20-21,23-36,54,56-57H,9,12,19,22H2,1-2H3. The molecule has 5 aliphatic carbocycles. The average Bonchev–Trinajstić information content (AvgIpc) is 3.82. The summed E-state index contributed by atoms with van der Waals surface area (Å²) in [5.74, 6) is 1.81. The number of benzene rings is 8. The third-order valence-electron chi connectivity index (χ3n) is 15.4. The van der Waals surface area contributed by atoms with Crippen LogP contribution in [0.15, 0.2) is 176 Å². The lowest BCUT2D eigenvalue weighted by molar-refractivity contribution is 0.472. The van der Waals surface area contributed by atoms with Gasteiger partial charge in [-0.25, -0.2) is 0 Å². The maximum Gasteiger partial charge on any atom is 0.0468 e. The summed E-state index contributed by atoms with van der Waals surface area (Å²) in [5.41, 5.74) is 19.2. The van der Waals surface area contributed by atoms with E-state index in [0.29, 0.717) is 11.8 Å². The van der Waals surface area contributed by atoms with E-state index < -0.39 is 0 Å². The second-order valence-electron chi connectivity index (χ2n) is 18.6.